The van der Waals surface area contributed by atoms with Crippen LogP contribution in [0.15, 0.2) is 10.7 Å². The van der Waals surface area contributed by atoms with Gasteiger partial charge in [0.05, 0.1) is 35.6 Å². The second-order valence-electron chi connectivity index (χ2n) is 4.90. The molecule has 2 atom stereocenters. The molecule has 0 aromatic carbocycles. The van der Waals surface area contributed by atoms with E-state index in [9.17, 15) is 0 Å². The van der Waals surface area contributed by atoms with E-state index in [-0.39, 0.29) is 0 Å². The van der Waals surface area contributed by atoms with Crippen LogP contribution in [0.1, 0.15) is 24.6 Å². The van der Waals surface area contributed by atoms with Gasteiger partial charge in [-0.15, -0.1) is 0 Å². The van der Waals surface area contributed by atoms with Crippen molar-refractivity contribution in [1.82, 2.24) is 15.1 Å². The van der Waals surface area contributed by atoms with Crippen molar-refractivity contribution in [2.45, 2.75) is 25.4 Å². The Morgan fingerprint density at radius 3 is 3.16 bits per heavy atom. The third kappa shape index (κ3) is 3.78. The Morgan fingerprint density at radius 1 is 1.68 bits per heavy atom. The number of rotatable bonds is 7. The highest BCUT2D eigenvalue weighted by molar-refractivity contribution is 9.10. The maximum atomic E-state index is 5.46. The SMILES string of the molecule is CNC(CC1CCOC1)c1c(Br)cnn1CCOC. The normalized spacial score (nSPS) is 20.9. The average Bonchev–Trinajstić information content (AvgIpc) is 3.04. The van der Waals surface area contributed by atoms with E-state index in [1.54, 1.807) is 7.11 Å². The molecule has 0 amide bonds. The van der Waals surface area contributed by atoms with Crippen molar-refractivity contribution in [2.75, 3.05) is 34.0 Å². The summed E-state index contributed by atoms with van der Waals surface area (Å²) in [6, 6.07) is 0.292. The van der Waals surface area contributed by atoms with Crippen molar-refractivity contribution in [3.05, 3.63) is 16.4 Å². The Bertz CT molecular complexity index is 391. The van der Waals surface area contributed by atoms with Gasteiger partial charge in [-0.25, -0.2) is 0 Å². The predicted octanol–water partition coefficient (Wildman–Crippen LogP) is 1.98. The molecular formula is C13H22BrN3O2. The molecule has 0 saturated carbocycles. The van der Waals surface area contributed by atoms with Gasteiger partial charge < -0.3 is 14.8 Å². The minimum Gasteiger partial charge on any atom is -0.383 e. The van der Waals surface area contributed by atoms with Crippen molar-refractivity contribution in [2.24, 2.45) is 5.92 Å². The molecule has 5 nitrogen and oxygen atoms in total. The quantitative estimate of drug-likeness (QED) is 0.830. The van der Waals surface area contributed by atoms with E-state index in [4.69, 9.17) is 9.47 Å². The number of hydrogen-bond donors (Lipinski definition) is 1. The lowest BCUT2D eigenvalue weighted by Crippen LogP contribution is -2.24. The van der Waals surface area contributed by atoms with Gasteiger partial charge in [0.1, 0.15) is 0 Å². The molecule has 1 saturated heterocycles. The molecule has 1 aromatic heterocycles. The molecule has 0 bridgehead atoms. The van der Waals surface area contributed by atoms with Crippen molar-refractivity contribution in [1.29, 1.82) is 0 Å². The van der Waals surface area contributed by atoms with Crippen LogP contribution in [0.5, 0.6) is 0 Å². The molecule has 108 valence electrons. The summed E-state index contributed by atoms with van der Waals surface area (Å²) in [6.07, 6.45) is 4.09. The van der Waals surface area contributed by atoms with E-state index in [2.05, 4.69) is 26.3 Å². The molecule has 0 aliphatic carbocycles. The summed E-state index contributed by atoms with van der Waals surface area (Å²) in [7, 11) is 3.71. The Balaban J connectivity index is 2.09. The zero-order chi connectivity index (χ0) is 13.7. The molecule has 0 radical (unpaired) electrons. The fourth-order valence-corrected chi connectivity index (χ4v) is 3.12. The van der Waals surface area contributed by atoms with Gasteiger partial charge in [0.25, 0.3) is 0 Å². The molecule has 2 heterocycles. The second kappa shape index (κ2) is 7.38. The first-order chi connectivity index (χ1) is 9.26. The van der Waals surface area contributed by atoms with Gasteiger partial charge in [0.15, 0.2) is 0 Å². The average molecular weight is 332 g/mol. The minimum absolute atomic E-state index is 0.292. The van der Waals surface area contributed by atoms with Crippen molar-refractivity contribution in [3.8, 4) is 0 Å². The van der Waals surface area contributed by atoms with Gasteiger partial charge >= 0.3 is 0 Å². The van der Waals surface area contributed by atoms with E-state index in [0.717, 1.165) is 37.1 Å². The number of hydrogen-bond acceptors (Lipinski definition) is 4. The molecule has 0 spiro atoms. The molecule has 2 unspecified atom stereocenters. The van der Waals surface area contributed by atoms with Gasteiger partial charge in [0, 0.05) is 20.3 Å². The molecule has 1 aliphatic rings. The second-order valence-corrected chi connectivity index (χ2v) is 5.75. The van der Waals surface area contributed by atoms with E-state index >= 15 is 0 Å². The fraction of sp³-hybridized carbons (Fsp3) is 0.769. The van der Waals surface area contributed by atoms with Gasteiger partial charge in [-0.3, -0.25) is 4.68 Å². The maximum absolute atomic E-state index is 5.46. The molecule has 19 heavy (non-hydrogen) atoms. The number of halogens is 1. The predicted molar refractivity (Wildman–Crippen MR) is 77.1 cm³/mol. The van der Waals surface area contributed by atoms with Crippen LogP contribution in [-0.2, 0) is 16.0 Å². The molecule has 1 aromatic rings. The zero-order valence-corrected chi connectivity index (χ0v) is 13.1. The lowest BCUT2D eigenvalue weighted by Gasteiger charge is -2.21. The highest BCUT2D eigenvalue weighted by atomic mass is 79.9. The third-order valence-corrected chi connectivity index (χ3v) is 4.22. The zero-order valence-electron chi connectivity index (χ0n) is 11.6. The minimum atomic E-state index is 0.292. The highest BCUT2D eigenvalue weighted by Crippen LogP contribution is 2.30. The van der Waals surface area contributed by atoms with Gasteiger partial charge in [-0.05, 0) is 41.7 Å². The number of nitrogens with one attached hydrogen (secondary N) is 1. The highest BCUT2D eigenvalue weighted by Gasteiger charge is 2.25. The number of aromatic nitrogens is 2. The third-order valence-electron chi connectivity index (χ3n) is 3.61. The molecular weight excluding hydrogens is 310 g/mol. The van der Waals surface area contributed by atoms with Crippen LogP contribution in [0, 0.1) is 5.92 Å². The molecule has 6 heteroatoms. The molecule has 1 N–H and O–H groups in total. The summed E-state index contributed by atoms with van der Waals surface area (Å²) < 4.78 is 13.7. The Hall–Kier alpha value is -0.430. The topological polar surface area (TPSA) is 48.3 Å². The smallest absolute Gasteiger partial charge is 0.0696 e. The summed E-state index contributed by atoms with van der Waals surface area (Å²) in [5.74, 6) is 0.634. The van der Waals surface area contributed by atoms with Crippen LogP contribution in [0.3, 0.4) is 0 Å². The standard InChI is InChI=1S/C13H22BrN3O2/c1-15-12(7-10-3-5-19-9-10)13-11(14)8-16-17(13)4-6-18-2/h8,10,12,15H,3-7,9H2,1-2H3. The summed E-state index contributed by atoms with van der Waals surface area (Å²) in [6.45, 7) is 3.22. The van der Waals surface area contributed by atoms with E-state index in [1.807, 2.05) is 17.9 Å². The Morgan fingerprint density at radius 2 is 2.53 bits per heavy atom. The summed E-state index contributed by atoms with van der Waals surface area (Å²) in [4.78, 5) is 0. The Kier molecular flexibility index (Phi) is 5.81. The maximum Gasteiger partial charge on any atom is 0.0696 e. The van der Waals surface area contributed by atoms with Crippen molar-refractivity contribution >= 4 is 15.9 Å². The first-order valence-electron chi connectivity index (χ1n) is 6.71. The molecule has 1 fully saturated rings. The molecule has 1 aliphatic heterocycles. The number of methoxy groups -OCH3 is 1. The molecule has 2 rings (SSSR count). The van der Waals surface area contributed by atoms with E-state index in [1.165, 1.54) is 5.69 Å². The van der Waals surface area contributed by atoms with Crippen molar-refractivity contribution in [3.63, 3.8) is 0 Å². The van der Waals surface area contributed by atoms with E-state index < -0.39 is 0 Å². The summed E-state index contributed by atoms with van der Waals surface area (Å²) in [5.41, 5.74) is 1.20. The summed E-state index contributed by atoms with van der Waals surface area (Å²) >= 11 is 3.60. The van der Waals surface area contributed by atoms with Crippen LogP contribution < -0.4 is 5.32 Å². The van der Waals surface area contributed by atoms with E-state index in [0.29, 0.717) is 18.6 Å². The van der Waals surface area contributed by atoms with Crippen LogP contribution in [0.2, 0.25) is 0 Å². The first kappa shape index (κ1) is 15.0. The lowest BCUT2D eigenvalue weighted by molar-refractivity contribution is 0.177. The van der Waals surface area contributed by atoms with Crippen molar-refractivity contribution < 1.29 is 9.47 Å². The fourth-order valence-electron chi connectivity index (χ4n) is 2.54. The van der Waals surface area contributed by atoms with Crippen LogP contribution in [0.4, 0.5) is 0 Å². The summed E-state index contributed by atoms with van der Waals surface area (Å²) in [5, 5.41) is 7.82. The van der Waals surface area contributed by atoms with Crippen LogP contribution >= 0.6 is 15.9 Å². The lowest BCUT2D eigenvalue weighted by atomic mass is 9.97. The van der Waals surface area contributed by atoms with Crippen LogP contribution in [-0.4, -0.2) is 43.8 Å². The largest absolute Gasteiger partial charge is 0.383 e. The van der Waals surface area contributed by atoms with Gasteiger partial charge in [-0.1, -0.05) is 0 Å². The van der Waals surface area contributed by atoms with Gasteiger partial charge in [-0.2, -0.15) is 5.10 Å². The monoisotopic (exact) mass is 331 g/mol. The number of nitrogens with zero attached hydrogens (tertiary/aromatic N) is 2. The Labute approximate surface area is 122 Å². The van der Waals surface area contributed by atoms with Gasteiger partial charge in [0.2, 0.25) is 0 Å². The number of ether oxygens (including phenoxy) is 2. The van der Waals surface area contributed by atoms with Crippen LogP contribution in [0.25, 0.3) is 0 Å². The first-order valence-corrected chi connectivity index (χ1v) is 7.50.